The molecule has 1 aromatic rings. The van der Waals surface area contributed by atoms with Gasteiger partial charge in [-0.1, -0.05) is 25.0 Å². The standard InChI is InChI=1S/C14H17NO3/c16-13(17)9-15-14(18)12-7-5-11(6-8-12)4-3-10-1-2-10/h5-8,10H,1-4,9H2,(H,15,18)(H,16,17). The van der Waals surface area contributed by atoms with E-state index in [1.165, 1.54) is 24.8 Å². The summed E-state index contributed by atoms with van der Waals surface area (Å²) < 4.78 is 0. The van der Waals surface area contributed by atoms with Crippen molar-refractivity contribution in [1.29, 1.82) is 0 Å². The number of hydrogen-bond donors (Lipinski definition) is 2. The first-order chi connectivity index (χ1) is 8.65. The smallest absolute Gasteiger partial charge is 0.322 e. The second-order valence-electron chi connectivity index (χ2n) is 4.76. The van der Waals surface area contributed by atoms with Gasteiger partial charge in [0.25, 0.3) is 5.91 Å². The van der Waals surface area contributed by atoms with Gasteiger partial charge in [-0.05, 0) is 36.5 Å². The number of carboxylic acid groups (broad SMARTS) is 1. The molecule has 0 heterocycles. The van der Waals surface area contributed by atoms with Crippen molar-refractivity contribution in [2.24, 2.45) is 5.92 Å². The highest BCUT2D eigenvalue weighted by atomic mass is 16.4. The zero-order chi connectivity index (χ0) is 13.0. The van der Waals surface area contributed by atoms with Crippen LogP contribution in [0, 0.1) is 5.92 Å². The maximum absolute atomic E-state index is 11.6. The van der Waals surface area contributed by atoms with E-state index >= 15 is 0 Å². The van der Waals surface area contributed by atoms with Crippen molar-refractivity contribution in [2.45, 2.75) is 25.7 Å². The molecule has 0 aliphatic heterocycles. The lowest BCUT2D eigenvalue weighted by atomic mass is 10.1. The van der Waals surface area contributed by atoms with Gasteiger partial charge in [-0.3, -0.25) is 9.59 Å². The fraction of sp³-hybridized carbons (Fsp3) is 0.429. The Morgan fingerprint density at radius 2 is 1.89 bits per heavy atom. The topological polar surface area (TPSA) is 66.4 Å². The van der Waals surface area contributed by atoms with Crippen LogP contribution in [-0.4, -0.2) is 23.5 Å². The molecule has 96 valence electrons. The van der Waals surface area contributed by atoms with Crippen LogP contribution in [-0.2, 0) is 11.2 Å². The van der Waals surface area contributed by atoms with E-state index in [9.17, 15) is 9.59 Å². The molecule has 1 aliphatic rings. The Morgan fingerprint density at radius 3 is 2.44 bits per heavy atom. The molecule has 2 rings (SSSR count). The Bertz CT molecular complexity index is 435. The molecule has 0 radical (unpaired) electrons. The van der Waals surface area contributed by atoms with Crippen molar-refractivity contribution in [3.05, 3.63) is 35.4 Å². The monoisotopic (exact) mass is 247 g/mol. The van der Waals surface area contributed by atoms with Crippen LogP contribution in [0.4, 0.5) is 0 Å². The van der Waals surface area contributed by atoms with Crippen LogP contribution in [0.15, 0.2) is 24.3 Å². The molecule has 4 heteroatoms. The number of nitrogens with one attached hydrogen (secondary N) is 1. The fourth-order valence-electron chi connectivity index (χ4n) is 1.86. The molecule has 0 saturated heterocycles. The van der Waals surface area contributed by atoms with Crippen molar-refractivity contribution in [3.63, 3.8) is 0 Å². The van der Waals surface area contributed by atoms with Crippen LogP contribution >= 0.6 is 0 Å². The van der Waals surface area contributed by atoms with Crippen LogP contribution in [0.3, 0.4) is 0 Å². The van der Waals surface area contributed by atoms with Gasteiger partial charge in [-0.15, -0.1) is 0 Å². The van der Waals surface area contributed by atoms with Crippen LogP contribution in [0.1, 0.15) is 35.2 Å². The lowest BCUT2D eigenvalue weighted by Gasteiger charge is -2.04. The normalized spacial score (nSPS) is 14.2. The minimum atomic E-state index is -1.04. The van der Waals surface area contributed by atoms with Gasteiger partial charge in [-0.25, -0.2) is 0 Å². The molecule has 0 spiro atoms. The van der Waals surface area contributed by atoms with E-state index in [-0.39, 0.29) is 12.5 Å². The third-order valence-electron chi connectivity index (χ3n) is 3.15. The molecule has 1 fully saturated rings. The number of carbonyl (C=O) groups excluding carboxylic acids is 1. The van der Waals surface area contributed by atoms with E-state index in [0.29, 0.717) is 5.56 Å². The van der Waals surface area contributed by atoms with Gasteiger partial charge < -0.3 is 10.4 Å². The van der Waals surface area contributed by atoms with Gasteiger partial charge in [0.1, 0.15) is 6.54 Å². The largest absolute Gasteiger partial charge is 0.480 e. The second-order valence-corrected chi connectivity index (χ2v) is 4.76. The van der Waals surface area contributed by atoms with Gasteiger partial charge in [0.2, 0.25) is 0 Å². The van der Waals surface area contributed by atoms with Crippen molar-refractivity contribution in [1.82, 2.24) is 5.32 Å². The minimum absolute atomic E-state index is 0.342. The molecule has 4 nitrogen and oxygen atoms in total. The number of aryl methyl sites for hydroxylation is 1. The number of benzene rings is 1. The van der Waals surface area contributed by atoms with Crippen molar-refractivity contribution >= 4 is 11.9 Å². The molecule has 1 saturated carbocycles. The average Bonchev–Trinajstić information content (AvgIpc) is 3.18. The third kappa shape index (κ3) is 3.87. The first kappa shape index (κ1) is 12.6. The molecule has 1 aliphatic carbocycles. The van der Waals surface area contributed by atoms with E-state index in [0.717, 1.165) is 12.3 Å². The summed E-state index contributed by atoms with van der Waals surface area (Å²) in [4.78, 5) is 21.9. The molecule has 18 heavy (non-hydrogen) atoms. The fourth-order valence-corrected chi connectivity index (χ4v) is 1.86. The summed E-state index contributed by atoms with van der Waals surface area (Å²) in [6.07, 6.45) is 5.00. The maximum Gasteiger partial charge on any atom is 0.322 e. The van der Waals surface area contributed by atoms with E-state index in [1.54, 1.807) is 12.1 Å². The van der Waals surface area contributed by atoms with Gasteiger partial charge in [-0.2, -0.15) is 0 Å². The Balaban J connectivity index is 1.85. The number of rotatable bonds is 6. The van der Waals surface area contributed by atoms with E-state index in [4.69, 9.17) is 5.11 Å². The van der Waals surface area contributed by atoms with E-state index in [2.05, 4.69) is 5.32 Å². The van der Waals surface area contributed by atoms with E-state index < -0.39 is 5.97 Å². The molecule has 0 unspecified atom stereocenters. The van der Waals surface area contributed by atoms with Crippen LogP contribution in [0.5, 0.6) is 0 Å². The molecule has 2 N–H and O–H groups in total. The van der Waals surface area contributed by atoms with Crippen molar-refractivity contribution < 1.29 is 14.7 Å². The summed E-state index contributed by atoms with van der Waals surface area (Å²) >= 11 is 0. The predicted molar refractivity (Wildman–Crippen MR) is 67.5 cm³/mol. The maximum atomic E-state index is 11.6. The number of carbonyl (C=O) groups is 2. The quantitative estimate of drug-likeness (QED) is 0.806. The Morgan fingerprint density at radius 1 is 1.22 bits per heavy atom. The highest BCUT2D eigenvalue weighted by molar-refractivity contribution is 5.95. The summed E-state index contributed by atoms with van der Waals surface area (Å²) in [5, 5.41) is 10.8. The lowest BCUT2D eigenvalue weighted by molar-refractivity contribution is -0.135. The molecular weight excluding hydrogens is 230 g/mol. The third-order valence-corrected chi connectivity index (χ3v) is 3.15. The number of carboxylic acids is 1. The molecule has 0 atom stereocenters. The van der Waals surface area contributed by atoms with Gasteiger partial charge in [0.15, 0.2) is 0 Å². The summed E-state index contributed by atoms with van der Waals surface area (Å²) in [7, 11) is 0. The first-order valence-electron chi connectivity index (χ1n) is 6.24. The summed E-state index contributed by atoms with van der Waals surface area (Å²) in [5.74, 6) is -0.473. The lowest BCUT2D eigenvalue weighted by Crippen LogP contribution is -2.29. The van der Waals surface area contributed by atoms with Gasteiger partial charge in [0, 0.05) is 5.56 Å². The molecule has 1 aromatic carbocycles. The van der Waals surface area contributed by atoms with Crippen LogP contribution < -0.4 is 5.32 Å². The number of aliphatic carboxylic acids is 1. The summed E-state index contributed by atoms with van der Waals surface area (Å²) in [5.41, 5.74) is 1.74. The summed E-state index contributed by atoms with van der Waals surface area (Å²) in [6.45, 7) is -0.345. The average molecular weight is 247 g/mol. The first-order valence-corrected chi connectivity index (χ1v) is 6.24. The van der Waals surface area contributed by atoms with Gasteiger partial charge >= 0.3 is 5.97 Å². The number of hydrogen-bond acceptors (Lipinski definition) is 2. The second kappa shape index (κ2) is 5.67. The zero-order valence-electron chi connectivity index (χ0n) is 10.2. The molecule has 0 aromatic heterocycles. The van der Waals surface area contributed by atoms with Crippen LogP contribution in [0.2, 0.25) is 0 Å². The molecule has 1 amide bonds. The Kier molecular flexibility index (Phi) is 3.97. The summed E-state index contributed by atoms with van der Waals surface area (Å²) in [6, 6.07) is 7.38. The predicted octanol–water partition coefficient (Wildman–Crippen LogP) is 1.84. The minimum Gasteiger partial charge on any atom is -0.480 e. The highest BCUT2D eigenvalue weighted by Crippen LogP contribution is 2.33. The van der Waals surface area contributed by atoms with E-state index in [1.807, 2.05) is 12.1 Å². The van der Waals surface area contributed by atoms with Crippen LogP contribution in [0.25, 0.3) is 0 Å². The highest BCUT2D eigenvalue weighted by Gasteiger charge is 2.20. The van der Waals surface area contributed by atoms with Crippen molar-refractivity contribution in [3.8, 4) is 0 Å². The molecular formula is C14H17NO3. The SMILES string of the molecule is O=C(O)CNC(=O)c1ccc(CCC2CC2)cc1. The Labute approximate surface area is 106 Å². The Hall–Kier alpha value is -1.84. The number of amides is 1. The molecule has 0 bridgehead atoms. The van der Waals surface area contributed by atoms with Gasteiger partial charge in [0.05, 0.1) is 0 Å². The zero-order valence-corrected chi connectivity index (χ0v) is 10.2. The van der Waals surface area contributed by atoms with Crippen molar-refractivity contribution in [2.75, 3.05) is 6.54 Å².